The largest absolute Gasteiger partial charge is 0.374 e. The van der Waals surface area contributed by atoms with E-state index in [4.69, 9.17) is 4.74 Å². The normalized spacial score (nSPS) is 34.1. The number of benzene rings is 1. The van der Waals surface area contributed by atoms with Gasteiger partial charge in [0.2, 0.25) is 0 Å². The van der Waals surface area contributed by atoms with Crippen LogP contribution < -0.4 is 0 Å². The smallest absolute Gasteiger partial charge is 0.0720 e. The molecule has 3 atom stereocenters. The molecule has 2 saturated carbocycles. The van der Waals surface area contributed by atoms with Crippen molar-refractivity contribution in [3.63, 3.8) is 0 Å². The number of hydrogen-bond acceptors (Lipinski definition) is 1. The van der Waals surface area contributed by atoms with Gasteiger partial charge in [-0.25, -0.2) is 0 Å². The molecule has 74 valence electrons. The maximum Gasteiger partial charge on any atom is 0.0720 e. The van der Waals surface area contributed by atoms with Crippen molar-refractivity contribution in [3.8, 4) is 0 Å². The van der Waals surface area contributed by atoms with Gasteiger partial charge >= 0.3 is 0 Å². The average Bonchev–Trinajstić information content (AvgIpc) is 2.85. The van der Waals surface area contributed by atoms with Gasteiger partial charge in [-0.15, -0.1) is 0 Å². The highest BCUT2D eigenvalue weighted by atomic mass is 16.5. The SMILES string of the molecule is c1ccc(CO[C@H]2C[C@@H]3C[C@@H]3C2)cc1. The van der Waals surface area contributed by atoms with Gasteiger partial charge in [-0.1, -0.05) is 30.3 Å². The number of rotatable bonds is 3. The average molecular weight is 188 g/mol. The van der Waals surface area contributed by atoms with Crippen LogP contribution >= 0.6 is 0 Å². The number of ether oxygens (including phenoxy) is 1. The zero-order valence-corrected chi connectivity index (χ0v) is 8.36. The Hall–Kier alpha value is -0.820. The first-order chi connectivity index (χ1) is 6.92. The fourth-order valence-electron chi connectivity index (χ4n) is 2.58. The van der Waals surface area contributed by atoms with Gasteiger partial charge in [0.1, 0.15) is 0 Å². The lowest BCUT2D eigenvalue weighted by molar-refractivity contribution is 0.0375. The molecule has 1 heteroatoms. The third-order valence-corrected chi connectivity index (χ3v) is 3.53. The van der Waals surface area contributed by atoms with Crippen LogP contribution in [-0.4, -0.2) is 6.10 Å². The second-order valence-corrected chi connectivity index (χ2v) is 4.65. The van der Waals surface area contributed by atoms with Crippen LogP contribution in [0.25, 0.3) is 0 Å². The molecule has 0 N–H and O–H groups in total. The zero-order chi connectivity index (χ0) is 9.38. The van der Waals surface area contributed by atoms with Gasteiger partial charge in [-0.3, -0.25) is 0 Å². The van der Waals surface area contributed by atoms with Crippen molar-refractivity contribution >= 4 is 0 Å². The topological polar surface area (TPSA) is 9.23 Å². The molecule has 1 aromatic carbocycles. The summed E-state index contributed by atoms with van der Waals surface area (Å²) in [6.07, 6.45) is 4.67. The van der Waals surface area contributed by atoms with E-state index in [0.717, 1.165) is 18.4 Å². The lowest BCUT2D eigenvalue weighted by atomic mass is 10.2. The van der Waals surface area contributed by atoms with Crippen molar-refractivity contribution in [2.75, 3.05) is 0 Å². The molecule has 0 bridgehead atoms. The van der Waals surface area contributed by atoms with Gasteiger partial charge < -0.3 is 4.74 Å². The Bertz CT molecular complexity index is 296. The van der Waals surface area contributed by atoms with Crippen molar-refractivity contribution in [1.82, 2.24) is 0 Å². The summed E-state index contributed by atoms with van der Waals surface area (Å²) in [5.41, 5.74) is 1.30. The van der Waals surface area contributed by atoms with Crippen LogP contribution in [0.4, 0.5) is 0 Å². The number of hydrogen-bond donors (Lipinski definition) is 0. The highest BCUT2D eigenvalue weighted by molar-refractivity contribution is 5.13. The summed E-state index contributed by atoms with van der Waals surface area (Å²) in [4.78, 5) is 0. The van der Waals surface area contributed by atoms with E-state index < -0.39 is 0 Å². The molecule has 0 heterocycles. The third kappa shape index (κ3) is 1.69. The molecule has 14 heavy (non-hydrogen) atoms. The summed E-state index contributed by atoms with van der Waals surface area (Å²) in [7, 11) is 0. The van der Waals surface area contributed by atoms with Gasteiger partial charge in [0, 0.05) is 0 Å². The van der Waals surface area contributed by atoms with Crippen molar-refractivity contribution in [2.24, 2.45) is 11.8 Å². The number of fused-ring (bicyclic) bond motifs is 1. The fraction of sp³-hybridized carbons (Fsp3) is 0.538. The van der Waals surface area contributed by atoms with Crippen LogP contribution in [0.1, 0.15) is 24.8 Å². The van der Waals surface area contributed by atoms with E-state index in [1.165, 1.54) is 24.8 Å². The van der Waals surface area contributed by atoms with E-state index in [0.29, 0.717) is 6.10 Å². The second kappa shape index (κ2) is 3.39. The summed E-state index contributed by atoms with van der Waals surface area (Å²) >= 11 is 0. The molecular weight excluding hydrogens is 172 g/mol. The van der Waals surface area contributed by atoms with Gasteiger partial charge in [0.15, 0.2) is 0 Å². The van der Waals surface area contributed by atoms with E-state index in [2.05, 4.69) is 24.3 Å². The quantitative estimate of drug-likeness (QED) is 0.708. The first kappa shape index (κ1) is 8.49. The van der Waals surface area contributed by atoms with E-state index in [1.54, 1.807) is 0 Å². The molecular formula is C13H16O. The fourth-order valence-corrected chi connectivity index (χ4v) is 2.58. The molecule has 0 saturated heterocycles. The lowest BCUT2D eigenvalue weighted by Crippen LogP contribution is -2.09. The third-order valence-electron chi connectivity index (χ3n) is 3.53. The second-order valence-electron chi connectivity index (χ2n) is 4.65. The highest BCUT2D eigenvalue weighted by Gasteiger charge is 2.46. The zero-order valence-electron chi connectivity index (χ0n) is 8.36. The van der Waals surface area contributed by atoms with Crippen LogP contribution in [0.15, 0.2) is 30.3 Å². The molecule has 0 unspecified atom stereocenters. The minimum atomic E-state index is 0.555. The van der Waals surface area contributed by atoms with E-state index in [-0.39, 0.29) is 0 Å². The molecule has 0 radical (unpaired) electrons. The Kier molecular flexibility index (Phi) is 2.06. The lowest BCUT2D eigenvalue weighted by Gasteiger charge is -2.12. The molecule has 2 aliphatic rings. The van der Waals surface area contributed by atoms with Crippen LogP contribution in [0, 0.1) is 11.8 Å². The Balaban J connectivity index is 1.50. The molecule has 0 aliphatic heterocycles. The first-order valence-corrected chi connectivity index (χ1v) is 5.57. The summed E-state index contributed by atoms with van der Waals surface area (Å²) in [5.74, 6) is 2.05. The Morgan fingerprint density at radius 1 is 1.00 bits per heavy atom. The van der Waals surface area contributed by atoms with E-state index in [9.17, 15) is 0 Å². The van der Waals surface area contributed by atoms with E-state index in [1.807, 2.05) is 6.07 Å². The minimum Gasteiger partial charge on any atom is -0.374 e. The van der Waals surface area contributed by atoms with Crippen LogP contribution in [0.5, 0.6) is 0 Å². The van der Waals surface area contributed by atoms with Crippen molar-refractivity contribution in [3.05, 3.63) is 35.9 Å². The minimum absolute atomic E-state index is 0.555. The van der Waals surface area contributed by atoms with Gasteiger partial charge in [0.25, 0.3) is 0 Å². The standard InChI is InChI=1S/C13H16O/c1-2-4-10(5-3-1)9-14-13-7-11-6-12(11)8-13/h1-5,11-13H,6-9H2/t11-,12+,13-. The highest BCUT2D eigenvalue weighted by Crippen LogP contribution is 2.52. The molecule has 0 amide bonds. The molecule has 0 spiro atoms. The Morgan fingerprint density at radius 3 is 2.43 bits per heavy atom. The molecule has 1 aromatic rings. The predicted molar refractivity (Wildman–Crippen MR) is 55.9 cm³/mol. The van der Waals surface area contributed by atoms with E-state index >= 15 is 0 Å². The van der Waals surface area contributed by atoms with Crippen LogP contribution in [0.3, 0.4) is 0 Å². The Labute approximate surface area is 85.1 Å². The van der Waals surface area contributed by atoms with Gasteiger partial charge in [-0.05, 0) is 36.7 Å². The molecule has 1 nitrogen and oxygen atoms in total. The van der Waals surface area contributed by atoms with Crippen molar-refractivity contribution < 1.29 is 4.74 Å². The maximum absolute atomic E-state index is 5.89. The maximum atomic E-state index is 5.89. The molecule has 2 fully saturated rings. The summed E-state index contributed by atoms with van der Waals surface area (Å²) < 4.78 is 5.89. The first-order valence-electron chi connectivity index (χ1n) is 5.57. The van der Waals surface area contributed by atoms with Crippen LogP contribution in [-0.2, 0) is 11.3 Å². The summed E-state index contributed by atoms with van der Waals surface area (Å²) in [6.45, 7) is 0.797. The monoisotopic (exact) mass is 188 g/mol. The Morgan fingerprint density at radius 2 is 1.71 bits per heavy atom. The van der Waals surface area contributed by atoms with Crippen LogP contribution in [0.2, 0.25) is 0 Å². The van der Waals surface area contributed by atoms with Crippen molar-refractivity contribution in [1.29, 1.82) is 0 Å². The molecule has 0 aromatic heterocycles. The predicted octanol–water partition coefficient (Wildman–Crippen LogP) is 3.00. The summed E-state index contributed by atoms with van der Waals surface area (Å²) in [6, 6.07) is 10.5. The summed E-state index contributed by atoms with van der Waals surface area (Å²) in [5, 5.41) is 0. The van der Waals surface area contributed by atoms with Gasteiger partial charge in [-0.2, -0.15) is 0 Å². The molecule has 3 rings (SSSR count). The molecule has 2 aliphatic carbocycles. The van der Waals surface area contributed by atoms with Gasteiger partial charge in [0.05, 0.1) is 12.7 Å². The van der Waals surface area contributed by atoms with Crippen molar-refractivity contribution in [2.45, 2.75) is 32.0 Å².